The van der Waals surface area contributed by atoms with Crippen LogP contribution in [0.4, 0.5) is 0 Å². The van der Waals surface area contributed by atoms with E-state index in [9.17, 15) is 0 Å². The van der Waals surface area contributed by atoms with Crippen LogP contribution in [0.15, 0.2) is 5.38 Å². The Balaban J connectivity index is 2.00. The molecule has 4 heteroatoms. The van der Waals surface area contributed by atoms with Crippen LogP contribution in [0, 0.1) is 6.92 Å². The minimum atomic E-state index is 0.589. The van der Waals surface area contributed by atoms with E-state index in [-0.39, 0.29) is 0 Å². The molecule has 0 saturated carbocycles. The van der Waals surface area contributed by atoms with E-state index < -0.39 is 0 Å². The Labute approximate surface area is 102 Å². The predicted molar refractivity (Wildman–Crippen MR) is 68.8 cm³/mol. The molecule has 0 radical (unpaired) electrons. The Morgan fingerprint density at radius 3 is 3.06 bits per heavy atom. The summed E-state index contributed by atoms with van der Waals surface area (Å²) >= 11 is 1.78. The highest BCUT2D eigenvalue weighted by Gasteiger charge is 2.21. The molecule has 1 aliphatic heterocycles. The maximum Gasteiger partial charge on any atom is 0.107 e. The second-order valence-electron chi connectivity index (χ2n) is 4.80. The summed E-state index contributed by atoms with van der Waals surface area (Å²) in [4.78, 5) is 7.10. The van der Waals surface area contributed by atoms with Crippen molar-refractivity contribution in [2.45, 2.75) is 45.8 Å². The second-order valence-corrected chi connectivity index (χ2v) is 5.75. The van der Waals surface area contributed by atoms with Gasteiger partial charge in [-0.1, -0.05) is 0 Å². The standard InChI is InChI=1S/C12H21N3S/c1-9-6-15(11(3)4-5-13-9)7-12-14-10(2)8-16-12/h8-9,11,13H,4-7H2,1-3H3. The fourth-order valence-corrected chi connectivity index (χ4v) is 2.98. The van der Waals surface area contributed by atoms with Crippen molar-refractivity contribution in [3.63, 3.8) is 0 Å². The molecule has 2 heterocycles. The smallest absolute Gasteiger partial charge is 0.107 e. The number of thiazole rings is 1. The normalized spacial score (nSPS) is 27.9. The number of hydrogen-bond acceptors (Lipinski definition) is 4. The molecule has 90 valence electrons. The molecule has 0 aromatic carbocycles. The Hall–Kier alpha value is -0.450. The predicted octanol–water partition coefficient (Wildman–Crippen LogP) is 2.02. The number of nitrogens with zero attached hydrogens (tertiary/aromatic N) is 2. The van der Waals surface area contributed by atoms with Gasteiger partial charge in [-0.2, -0.15) is 0 Å². The third kappa shape index (κ3) is 3.03. The molecule has 2 atom stereocenters. The van der Waals surface area contributed by atoms with Crippen molar-refractivity contribution in [3.05, 3.63) is 16.1 Å². The minimum Gasteiger partial charge on any atom is -0.313 e. The van der Waals surface area contributed by atoms with Crippen molar-refractivity contribution in [2.24, 2.45) is 0 Å². The fraction of sp³-hybridized carbons (Fsp3) is 0.750. The van der Waals surface area contributed by atoms with Crippen LogP contribution in [0.5, 0.6) is 0 Å². The highest BCUT2D eigenvalue weighted by atomic mass is 32.1. The van der Waals surface area contributed by atoms with E-state index in [0.717, 1.165) is 25.3 Å². The molecule has 1 saturated heterocycles. The average molecular weight is 239 g/mol. The maximum atomic E-state index is 4.55. The van der Waals surface area contributed by atoms with Crippen molar-refractivity contribution in [3.8, 4) is 0 Å². The molecule has 1 aromatic heterocycles. The van der Waals surface area contributed by atoms with Crippen LogP contribution in [-0.2, 0) is 6.54 Å². The summed E-state index contributed by atoms with van der Waals surface area (Å²) in [5.41, 5.74) is 1.15. The van der Waals surface area contributed by atoms with Crippen LogP contribution < -0.4 is 5.32 Å². The molecule has 3 nitrogen and oxygen atoms in total. The zero-order valence-electron chi connectivity index (χ0n) is 10.4. The van der Waals surface area contributed by atoms with Gasteiger partial charge in [-0.15, -0.1) is 11.3 Å². The third-order valence-corrected chi connectivity index (χ3v) is 4.14. The van der Waals surface area contributed by atoms with E-state index in [0.29, 0.717) is 12.1 Å². The van der Waals surface area contributed by atoms with Gasteiger partial charge in [-0.3, -0.25) is 4.90 Å². The molecule has 1 aromatic rings. The number of nitrogens with one attached hydrogen (secondary N) is 1. The molecule has 1 fully saturated rings. The van der Waals surface area contributed by atoms with Crippen LogP contribution in [0.1, 0.15) is 31.0 Å². The minimum absolute atomic E-state index is 0.589. The highest BCUT2D eigenvalue weighted by Crippen LogP contribution is 2.16. The van der Waals surface area contributed by atoms with E-state index in [4.69, 9.17) is 0 Å². The van der Waals surface area contributed by atoms with E-state index in [1.54, 1.807) is 11.3 Å². The van der Waals surface area contributed by atoms with E-state index in [1.165, 1.54) is 11.4 Å². The summed E-state index contributed by atoms with van der Waals surface area (Å²) in [7, 11) is 0. The van der Waals surface area contributed by atoms with Gasteiger partial charge in [0.05, 0.1) is 6.54 Å². The molecule has 0 spiro atoms. The van der Waals surface area contributed by atoms with Gasteiger partial charge in [0.15, 0.2) is 0 Å². The van der Waals surface area contributed by atoms with Gasteiger partial charge < -0.3 is 5.32 Å². The van der Waals surface area contributed by atoms with Gasteiger partial charge in [-0.25, -0.2) is 4.98 Å². The van der Waals surface area contributed by atoms with Gasteiger partial charge in [0.2, 0.25) is 0 Å². The van der Waals surface area contributed by atoms with Gasteiger partial charge in [0.1, 0.15) is 5.01 Å². The zero-order chi connectivity index (χ0) is 11.5. The lowest BCUT2D eigenvalue weighted by molar-refractivity contribution is 0.198. The topological polar surface area (TPSA) is 28.2 Å². The van der Waals surface area contributed by atoms with Gasteiger partial charge in [0.25, 0.3) is 0 Å². The molecule has 16 heavy (non-hydrogen) atoms. The fourth-order valence-electron chi connectivity index (χ4n) is 2.19. The summed E-state index contributed by atoms with van der Waals surface area (Å²) in [5, 5.41) is 6.92. The highest BCUT2D eigenvalue weighted by molar-refractivity contribution is 7.09. The summed E-state index contributed by atoms with van der Waals surface area (Å²) in [6.45, 7) is 9.91. The first-order valence-corrected chi connectivity index (χ1v) is 6.91. The van der Waals surface area contributed by atoms with Crippen molar-refractivity contribution >= 4 is 11.3 Å². The Morgan fingerprint density at radius 1 is 1.56 bits per heavy atom. The molecule has 0 aliphatic carbocycles. The molecule has 0 bridgehead atoms. The Bertz CT molecular complexity index is 337. The first-order valence-electron chi connectivity index (χ1n) is 6.03. The van der Waals surface area contributed by atoms with Crippen molar-refractivity contribution in [2.75, 3.05) is 13.1 Å². The third-order valence-electron chi connectivity index (χ3n) is 3.19. The Kier molecular flexibility index (Phi) is 3.95. The van der Waals surface area contributed by atoms with E-state index in [1.807, 2.05) is 0 Å². The molecule has 2 rings (SSSR count). The summed E-state index contributed by atoms with van der Waals surface area (Å²) < 4.78 is 0. The van der Waals surface area contributed by atoms with Crippen LogP contribution >= 0.6 is 11.3 Å². The summed E-state index contributed by atoms with van der Waals surface area (Å²) in [6, 6.07) is 1.24. The van der Waals surface area contributed by atoms with Gasteiger partial charge in [-0.05, 0) is 33.7 Å². The molecule has 2 unspecified atom stereocenters. The first-order chi connectivity index (χ1) is 7.65. The van der Waals surface area contributed by atoms with E-state index >= 15 is 0 Å². The quantitative estimate of drug-likeness (QED) is 0.856. The number of aromatic nitrogens is 1. The molecular formula is C12H21N3S. The van der Waals surface area contributed by atoms with Crippen LogP contribution in [0.25, 0.3) is 0 Å². The van der Waals surface area contributed by atoms with Crippen LogP contribution in [0.3, 0.4) is 0 Å². The SMILES string of the molecule is Cc1csc(CN2CC(C)NCCC2C)n1. The molecule has 0 amide bonds. The molecular weight excluding hydrogens is 218 g/mol. The lowest BCUT2D eigenvalue weighted by atomic mass is 10.2. The number of rotatable bonds is 2. The Morgan fingerprint density at radius 2 is 2.38 bits per heavy atom. The lowest BCUT2D eigenvalue weighted by Gasteiger charge is -2.26. The lowest BCUT2D eigenvalue weighted by Crippen LogP contribution is -2.37. The largest absolute Gasteiger partial charge is 0.313 e. The first kappa shape index (κ1) is 12.0. The zero-order valence-corrected chi connectivity index (χ0v) is 11.2. The molecule has 1 N–H and O–H groups in total. The second kappa shape index (κ2) is 5.25. The van der Waals surface area contributed by atoms with Crippen molar-refractivity contribution in [1.82, 2.24) is 15.2 Å². The monoisotopic (exact) mass is 239 g/mol. The number of hydrogen-bond donors (Lipinski definition) is 1. The van der Waals surface area contributed by atoms with Gasteiger partial charge in [0, 0.05) is 29.7 Å². The summed E-state index contributed by atoms with van der Waals surface area (Å²) in [6.07, 6.45) is 1.23. The van der Waals surface area contributed by atoms with Crippen LogP contribution in [-0.4, -0.2) is 35.1 Å². The van der Waals surface area contributed by atoms with Gasteiger partial charge >= 0.3 is 0 Å². The summed E-state index contributed by atoms with van der Waals surface area (Å²) in [5.74, 6) is 0. The molecule has 1 aliphatic rings. The average Bonchev–Trinajstić information content (AvgIpc) is 2.55. The van der Waals surface area contributed by atoms with Crippen molar-refractivity contribution < 1.29 is 0 Å². The van der Waals surface area contributed by atoms with Crippen molar-refractivity contribution in [1.29, 1.82) is 0 Å². The van der Waals surface area contributed by atoms with E-state index in [2.05, 4.69) is 41.4 Å². The maximum absolute atomic E-state index is 4.55. The van der Waals surface area contributed by atoms with Crippen LogP contribution in [0.2, 0.25) is 0 Å². The number of aryl methyl sites for hydroxylation is 1.